The van der Waals surface area contributed by atoms with Crippen molar-refractivity contribution in [1.29, 1.82) is 0 Å². The molecule has 1 heterocycles. The van der Waals surface area contributed by atoms with Crippen molar-refractivity contribution in [3.8, 4) is 0 Å². The molecule has 0 aliphatic heterocycles. The summed E-state index contributed by atoms with van der Waals surface area (Å²) in [6.45, 7) is 4.26. The van der Waals surface area contributed by atoms with E-state index in [1.54, 1.807) is 0 Å². The lowest BCUT2D eigenvalue weighted by molar-refractivity contribution is 1.30. The maximum absolute atomic E-state index is 3.37. The number of fused-ring (bicyclic) bond motifs is 3. The van der Waals surface area contributed by atoms with E-state index in [1.165, 1.54) is 32.9 Å². The van der Waals surface area contributed by atoms with Crippen LogP contribution in [-0.4, -0.2) is 4.98 Å². The van der Waals surface area contributed by atoms with Crippen LogP contribution < -0.4 is 0 Å². The van der Waals surface area contributed by atoms with Crippen molar-refractivity contribution in [2.75, 3.05) is 0 Å². The molecule has 0 atom stereocenters. The Kier molecular flexibility index (Phi) is 1.63. The van der Waals surface area contributed by atoms with Crippen LogP contribution in [0.1, 0.15) is 11.3 Å². The fourth-order valence-corrected chi connectivity index (χ4v) is 2.27. The average Bonchev–Trinajstić information content (AvgIpc) is 2.59. The second-order valence-corrected chi connectivity index (χ2v) is 4.15. The van der Waals surface area contributed by atoms with Gasteiger partial charge in [0, 0.05) is 16.6 Å². The van der Waals surface area contributed by atoms with Gasteiger partial charge in [-0.2, -0.15) is 0 Å². The molecule has 1 aromatic heterocycles. The molecule has 1 heteroatoms. The van der Waals surface area contributed by atoms with Gasteiger partial charge < -0.3 is 4.98 Å². The third-order valence-corrected chi connectivity index (χ3v) is 3.01. The fraction of sp³-hybridized carbons (Fsp3) is 0.143. The van der Waals surface area contributed by atoms with Crippen LogP contribution in [0.5, 0.6) is 0 Å². The first kappa shape index (κ1) is 8.54. The first-order chi connectivity index (χ1) is 7.25. The lowest BCUT2D eigenvalue weighted by Crippen LogP contribution is -1.78. The Morgan fingerprint density at radius 2 is 1.73 bits per heavy atom. The fourth-order valence-electron chi connectivity index (χ4n) is 2.27. The third-order valence-electron chi connectivity index (χ3n) is 3.01. The summed E-state index contributed by atoms with van der Waals surface area (Å²) in [5.41, 5.74) is 3.79. The van der Waals surface area contributed by atoms with Gasteiger partial charge in [0.05, 0.1) is 0 Å². The van der Waals surface area contributed by atoms with Crippen LogP contribution in [0.2, 0.25) is 0 Å². The molecule has 0 spiro atoms. The molecule has 0 aliphatic carbocycles. The largest absolute Gasteiger partial charge is 0.359 e. The minimum Gasteiger partial charge on any atom is -0.359 e. The Balaban J connectivity index is 2.59. The summed E-state index contributed by atoms with van der Waals surface area (Å²) in [5, 5.41) is 4.02. The van der Waals surface area contributed by atoms with E-state index in [0.29, 0.717) is 0 Å². The van der Waals surface area contributed by atoms with E-state index >= 15 is 0 Å². The molecule has 0 amide bonds. The Bertz CT molecular complexity index is 647. The molecule has 3 rings (SSSR count). The van der Waals surface area contributed by atoms with Crippen LogP contribution in [0.15, 0.2) is 36.4 Å². The molecule has 2 aromatic carbocycles. The SMILES string of the molecule is Cc1cc2c(ccc3c(C)cccc32)[nH]1. The molecule has 0 saturated heterocycles. The number of aryl methyl sites for hydroxylation is 2. The van der Waals surface area contributed by atoms with E-state index in [9.17, 15) is 0 Å². The van der Waals surface area contributed by atoms with Gasteiger partial charge in [0.2, 0.25) is 0 Å². The quantitative estimate of drug-likeness (QED) is 0.559. The van der Waals surface area contributed by atoms with E-state index in [1.807, 2.05) is 0 Å². The summed E-state index contributed by atoms with van der Waals surface area (Å²) in [4.78, 5) is 3.37. The van der Waals surface area contributed by atoms with Crippen molar-refractivity contribution in [2.45, 2.75) is 13.8 Å². The van der Waals surface area contributed by atoms with E-state index in [-0.39, 0.29) is 0 Å². The van der Waals surface area contributed by atoms with Gasteiger partial charge in [0.1, 0.15) is 0 Å². The predicted octanol–water partition coefficient (Wildman–Crippen LogP) is 3.94. The number of hydrogen-bond donors (Lipinski definition) is 1. The minimum atomic E-state index is 1.22. The van der Waals surface area contributed by atoms with Crippen molar-refractivity contribution in [2.24, 2.45) is 0 Å². The number of nitrogens with one attached hydrogen (secondary N) is 1. The Labute approximate surface area is 88.7 Å². The Morgan fingerprint density at radius 1 is 0.867 bits per heavy atom. The van der Waals surface area contributed by atoms with Gasteiger partial charge in [-0.15, -0.1) is 0 Å². The predicted molar refractivity (Wildman–Crippen MR) is 65.3 cm³/mol. The number of aromatic nitrogens is 1. The van der Waals surface area contributed by atoms with Crippen LogP contribution in [0.4, 0.5) is 0 Å². The van der Waals surface area contributed by atoms with Gasteiger partial charge >= 0.3 is 0 Å². The summed E-state index contributed by atoms with van der Waals surface area (Å²) >= 11 is 0. The molecule has 0 unspecified atom stereocenters. The molecule has 1 N–H and O–H groups in total. The van der Waals surface area contributed by atoms with Crippen LogP contribution in [0.25, 0.3) is 21.7 Å². The molecule has 0 radical (unpaired) electrons. The Morgan fingerprint density at radius 3 is 2.60 bits per heavy atom. The van der Waals surface area contributed by atoms with E-state index in [2.05, 4.69) is 55.2 Å². The van der Waals surface area contributed by atoms with Gasteiger partial charge in [-0.1, -0.05) is 24.3 Å². The highest BCUT2D eigenvalue weighted by Gasteiger charge is 2.03. The maximum Gasteiger partial charge on any atom is 0.0462 e. The van der Waals surface area contributed by atoms with Crippen molar-refractivity contribution in [1.82, 2.24) is 4.98 Å². The van der Waals surface area contributed by atoms with Crippen molar-refractivity contribution in [3.63, 3.8) is 0 Å². The third kappa shape index (κ3) is 1.16. The first-order valence-corrected chi connectivity index (χ1v) is 5.23. The molecule has 0 aliphatic rings. The highest BCUT2D eigenvalue weighted by molar-refractivity contribution is 6.07. The van der Waals surface area contributed by atoms with E-state index in [4.69, 9.17) is 0 Å². The number of rotatable bonds is 0. The molecule has 0 bridgehead atoms. The number of H-pyrrole nitrogens is 1. The summed E-state index contributed by atoms with van der Waals surface area (Å²) < 4.78 is 0. The molecule has 0 fully saturated rings. The highest BCUT2D eigenvalue weighted by Crippen LogP contribution is 2.27. The zero-order chi connectivity index (χ0) is 10.4. The molecule has 0 saturated carbocycles. The number of aromatic amines is 1. The smallest absolute Gasteiger partial charge is 0.0462 e. The van der Waals surface area contributed by atoms with Gasteiger partial charge in [0.15, 0.2) is 0 Å². The van der Waals surface area contributed by atoms with Gasteiger partial charge in [0.25, 0.3) is 0 Å². The zero-order valence-corrected chi connectivity index (χ0v) is 8.96. The second-order valence-electron chi connectivity index (χ2n) is 4.15. The van der Waals surface area contributed by atoms with Crippen LogP contribution >= 0.6 is 0 Å². The van der Waals surface area contributed by atoms with Crippen molar-refractivity contribution in [3.05, 3.63) is 47.7 Å². The normalized spacial score (nSPS) is 11.3. The van der Waals surface area contributed by atoms with Crippen LogP contribution in [0, 0.1) is 13.8 Å². The highest BCUT2D eigenvalue weighted by atomic mass is 14.7. The molecular weight excluding hydrogens is 182 g/mol. The van der Waals surface area contributed by atoms with E-state index in [0.717, 1.165) is 0 Å². The summed E-state index contributed by atoms with van der Waals surface area (Å²) in [6, 6.07) is 13.1. The van der Waals surface area contributed by atoms with Gasteiger partial charge in [-0.3, -0.25) is 0 Å². The zero-order valence-electron chi connectivity index (χ0n) is 8.96. The lowest BCUT2D eigenvalue weighted by Gasteiger charge is -2.02. The summed E-state index contributed by atoms with van der Waals surface area (Å²) in [7, 11) is 0. The van der Waals surface area contributed by atoms with Gasteiger partial charge in [-0.05, 0) is 42.3 Å². The molecule has 15 heavy (non-hydrogen) atoms. The van der Waals surface area contributed by atoms with Crippen molar-refractivity contribution >= 4 is 21.7 Å². The molecule has 3 aromatic rings. The topological polar surface area (TPSA) is 15.8 Å². The summed E-state index contributed by atoms with van der Waals surface area (Å²) in [6.07, 6.45) is 0. The molecular formula is C14H13N. The maximum atomic E-state index is 3.37. The first-order valence-electron chi connectivity index (χ1n) is 5.23. The molecule has 74 valence electrons. The molecule has 1 nitrogen and oxygen atoms in total. The Hall–Kier alpha value is -1.76. The van der Waals surface area contributed by atoms with E-state index < -0.39 is 0 Å². The minimum absolute atomic E-state index is 1.22. The number of hydrogen-bond acceptors (Lipinski definition) is 0. The van der Waals surface area contributed by atoms with Crippen LogP contribution in [0.3, 0.4) is 0 Å². The summed E-state index contributed by atoms with van der Waals surface area (Å²) in [5.74, 6) is 0. The average molecular weight is 195 g/mol. The van der Waals surface area contributed by atoms with Crippen molar-refractivity contribution < 1.29 is 0 Å². The van der Waals surface area contributed by atoms with Crippen LogP contribution in [-0.2, 0) is 0 Å². The standard InChI is InChI=1S/C14H13N/c1-9-4-3-5-12-11(9)6-7-14-13(12)8-10(2)15-14/h3-8,15H,1-2H3. The monoisotopic (exact) mass is 195 g/mol. The second kappa shape index (κ2) is 2.86. The lowest BCUT2D eigenvalue weighted by atomic mass is 10.0. The number of benzene rings is 2. The van der Waals surface area contributed by atoms with Gasteiger partial charge in [-0.25, -0.2) is 0 Å².